The van der Waals surface area contributed by atoms with Gasteiger partial charge >= 0.3 is 11.4 Å². The van der Waals surface area contributed by atoms with Crippen molar-refractivity contribution in [2.75, 3.05) is 10.8 Å². The first-order valence-electron chi connectivity index (χ1n) is 8.14. The Morgan fingerprint density at radius 1 is 1.08 bits per heavy atom. The quantitative estimate of drug-likeness (QED) is 0.682. The Hall–Kier alpha value is -2.87. The number of hydrogen-bond donors (Lipinski definition) is 0. The van der Waals surface area contributed by atoms with Gasteiger partial charge in [-0.25, -0.2) is 18.0 Å². The van der Waals surface area contributed by atoms with Gasteiger partial charge in [0.2, 0.25) is 0 Å². The molecule has 7 nitrogen and oxygen atoms in total. The second-order valence-electron chi connectivity index (χ2n) is 6.20. The zero-order chi connectivity index (χ0) is 18.5. The van der Waals surface area contributed by atoms with E-state index in [9.17, 15) is 18.0 Å². The van der Waals surface area contributed by atoms with Crippen LogP contribution in [0, 0.1) is 0 Å². The van der Waals surface area contributed by atoms with Crippen molar-refractivity contribution in [1.29, 1.82) is 0 Å². The number of aryl methyl sites for hydroxylation is 2. The molecule has 0 atom stereocenters. The minimum atomic E-state index is -3.84. The van der Waals surface area contributed by atoms with Gasteiger partial charge in [-0.05, 0) is 42.7 Å². The fourth-order valence-electron chi connectivity index (χ4n) is 3.31. The minimum absolute atomic E-state index is 0.00680. The molecule has 0 spiro atoms. The van der Waals surface area contributed by atoms with Gasteiger partial charge in [-0.3, -0.25) is 8.87 Å². The van der Waals surface area contributed by atoms with E-state index >= 15 is 0 Å². The first-order chi connectivity index (χ1) is 12.4. The topological polar surface area (TPSA) is 89.6 Å². The van der Waals surface area contributed by atoms with Crippen molar-refractivity contribution in [2.45, 2.75) is 17.7 Å². The standard InChI is InChI=1S/C18H16N2O5S/c1-19-16-9-8-13(11-14(16)17(21)25-18(19)22)26(23,24)20-10-4-6-12-5-2-3-7-15(12)20/h2-3,5,7-9,11H,4,6,10H2,1H3. The smallest absolute Gasteiger partial charge is 0.372 e. The molecule has 0 saturated heterocycles. The molecule has 2 aromatic carbocycles. The van der Waals surface area contributed by atoms with Gasteiger partial charge in [-0.1, -0.05) is 18.2 Å². The normalized spacial score (nSPS) is 14.4. The summed E-state index contributed by atoms with van der Waals surface area (Å²) in [4.78, 5) is 23.6. The summed E-state index contributed by atoms with van der Waals surface area (Å²) in [6, 6.07) is 11.5. The highest BCUT2D eigenvalue weighted by Crippen LogP contribution is 2.32. The van der Waals surface area contributed by atoms with E-state index in [0.29, 0.717) is 17.7 Å². The van der Waals surface area contributed by atoms with E-state index in [0.717, 1.165) is 18.4 Å². The van der Waals surface area contributed by atoms with Crippen LogP contribution in [0.25, 0.3) is 10.9 Å². The van der Waals surface area contributed by atoms with E-state index in [2.05, 4.69) is 4.42 Å². The van der Waals surface area contributed by atoms with Crippen molar-refractivity contribution in [3.8, 4) is 0 Å². The molecule has 0 amide bonds. The molecule has 0 unspecified atom stereocenters. The van der Waals surface area contributed by atoms with Crippen LogP contribution in [0.3, 0.4) is 0 Å². The maximum Gasteiger partial charge on any atom is 0.422 e. The molecule has 0 aliphatic carbocycles. The van der Waals surface area contributed by atoms with Crippen LogP contribution < -0.4 is 15.7 Å². The van der Waals surface area contributed by atoms with Crippen LogP contribution in [0.15, 0.2) is 61.4 Å². The molecule has 26 heavy (non-hydrogen) atoms. The summed E-state index contributed by atoms with van der Waals surface area (Å²) < 4.78 is 33.5. The van der Waals surface area contributed by atoms with Crippen molar-refractivity contribution in [2.24, 2.45) is 7.05 Å². The van der Waals surface area contributed by atoms with E-state index in [1.165, 1.54) is 34.1 Å². The average molecular weight is 372 g/mol. The Kier molecular flexibility index (Phi) is 3.73. The maximum absolute atomic E-state index is 13.2. The Bertz CT molecular complexity index is 1240. The zero-order valence-corrected chi connectivity index (χ0v) is 14.8. The molecule has 134 valence electrons. The van der Waals surface area contributed by atoms with E-state index in [1.807, 2.05) is 12.1 Å². The lowest BCUT2D eigenvalue weighted by atomic mass is 10.0. The van der Waals surface area contributed by atoms with E-state index in [1.54, 1.807) is 12.1 Å². The summed E-state index contributed by atoms with van der Waals surface area (Å²) in [5.41, 5.74) is 1.11. The number of aromatic nitrogens is 1. The molecule has 0 saturated carbocycles. The van der Waals surface area contributed by atoms with Crippen LogP contribution in [0.5, 0.6) is 0 Å². The molecule has 0 N–H and O–H groups in total. The molecule has 8 heteroatoms. The lowest BCUT2D eigenvalue weighted by molar-refractivity contribution is 0.432. The van der Waals surface area contributed by atoms with Crippen molar-refractivity contribution in [1.82, 2.24) is 4.57 Å². The molecular weight excluding hydrogens is 356 g/mol. The lowest BCUT2D eigenvalue weighted by Gasteiger charge is -2.30. The van der Waals surface area contributed by atoms with Crippen LogP contribution in [0.4, 0.5) is 5.69 Å². The van der Waals surface area contributed by atoms with Crippen LogP contribution >= 0.6 is 0 Å². The van der Waals surface area contributed by atoms with E-state index in [4.69, 9.17) is 0 Å². The zero-order valence-electron chi connectivity index (χ0n) is 14.0. The number of rotatable bonds is 2. The predicted molar refractivity (Wildman–Crippen MR) is 97.0 cm³/mol. The van der Waals surface area contributed by atoms with E-state index < -0.39 is 21.4 Å². The van der Waals surface area contributed by atoms with Crippen molar-refractivity contribution in [3.05, 3.63) is 69.0 Å². The summed E-state index contributed by atoms with van der Waals surface area (Å²) in [7, 11) is -2.38. The molecule has 0 bridgehead atoms. The number of benzene rings is 2. The van der Waals surface area contributed by atoms with Gasteiger partial charge < -0.3 is 4.42 Å². The third-order valence-electron chi connectivity index (χ3n) is 4.66. The SMILES string of the molecule is Cn1c(=O)oc(=O)c2cc(S(=O)(=O)N3CCCc4ccccc43)ccc21. The largest absolute Gasteiger partial charge is 0.422 e. The van der Waals surface area contributed by atoms with Gasteiger partial charge in [0.25, 0.3) is 10.0 Å². The highest BCUT2D eigenvalue weighted by atomic mass is 32.2. The first kappa shape index (κ1) is 16.6. The van der Waals surface area contributed by atoms with Gasteiger partial charge in [0.05, 0.1) is 21.5 Å². The van der Waals surface area contributed by atoms with Crippen molar-refractivity contribution < 1.29 is 12.8 Å². The second kappa shape index (κ2) is 5.84. The Balaban J connectivity index is 1.90. The van der Waals surface area contributed by atoms with Crippen LogP contribution in [0.2, 0.25) is 0 Å². The summed E-state index contributed by atoms with van der Waals surface area (Å²) in [6.45, 7) is 0.374. The fraction of sp³-hybridized carbons (Fsp3) is 0.222. The summed E-state index contributed by atoms with van der Waals surface area (Å²) >= 11 is 0. The molecule has 1 aliphatic heterocycles. The van der Waals surface area contributed by atoms with Gasteiger partial charge in [-0.15, -0.1) is 0 Å². The van der Waals surface area contributed by atoms with Gasteiger partial charge in [0, 0.05) is 13.6 Å². The summed E-state index contributed by atoms with van der Waals surface area (Å²) in [5.74, 6) is -0.789. The fourth-order valence-corrected chi connectivity index (χ4v) is 4.88. The molecule has 3 aromatic rings. The Labute approximate surface area is 149 Å². The predicted octanol–water partition coefficient (Wildman–Crippen LogP) is 1.63. The van der Waals surface area contributed by atoms with Gasteiger partial charge in [0.15, 0.2) is 0 Å². The molecule has 1 aliphatic rings. The summed E-state index contributed by atoms with van der Waals surface area (Å²) in [5, 5.41) is 0.0541. The van der Waals surface area contributed by atoms with Gasteiger partial charge in [0.1, 0.15) is 0 Å². The number of sulfonamides is 1. The number of hydrogen-bond acceptors (Lipinski definition) is 5. The molecular formula is C18H16N2O5S. The second-order valence-corrected chi connectivity index (χ2v) is 8.07. The third-order valence-corrected chi connectivity index (χ3v) is 6.47. The highest BCUT2D eigenvalue weighted by Gasteiger charge is 2.29. The third kappa shape index (κ3) is 2.45. The molecule has 2 heterocycles. The van der Waals surface area contributed by atoms with Crippen molar-refractivity contribution in [3.63, 3.8) is 0 Å². The monoisotopic (exact) mass is 372 g/mol. The Morgan fingerprint density at radius 2 is 1.85 bits per heavy atom. The summed E-state index contributed by atoms with van der Waals surface area (Å²) in [6.07, 6.45) is 1.55. The average Bonchev–Trinajstić information content (AvgIpc) is 2.65. The van der Waals surface area contributed by atoms with Crippen LogP contribution in [0.1, 0.15) is 12.0 Å². The maximum atomic E-state index is 13.2. The molecule has 0 fully saturated rings. The van der Waals surface area contributed by atoms with Gasteiger partial charge in [-0.2, -0.15) is 0 Å². The van der Waals surface area contributed by atoms with E-state index in [-0.39, 0.29) is 10.3 Å². The number of anilines is 1. The first-order valence-corrected chi connectivity index (χ1v) is 9.58. The van der Waals surface area contributed by atoms with Crippen LogP contribution in [-0.2, 0) is 23.5 Å². The molecule has 4 rings (SSSR count). The number of fused-ring (bicyclic) bond motifs is 2. The molecule has 1 aromatic heterocycles. The lowest BCUT2D eigenvalue weighted by Crippen LogP contribution is -2.35. The number of para-hydroxylation sites is 1. The molecule has 0 radical (unpaired) electrons. The number of nitrogens with zero attached hydrogens (tertiary/aromatic N) is 2. The highest BCUT2D eigenvalue weighted by molar-refractivity contribution is 7.92. The van der Waals surface area contributed by atoms with Crippen LogP contribution in [-0.4, -0.2) is 19.5 Å². The Morgan fingerprint density at radius 3 is 2.65 bits per heavy atom. The van der Waals surface area contributed by atoms with Crippen molar-refractivity contribution >= 4 is 26.6 Å². The minimum Gasteiger partial charge on any atom is -0.372 e.